The van der Waals surface area contributed by atoms with E-state index < -0.39 is 17.7 Å². The lowest BCUT2D eigenvalue weighted by Crippen LogP contribution is -2.35. The minimum atomic E-state index is -1.39. The van der Waals surface area contributed by atoms with Crippen molar-refractivity contribution in [2.24, 2.45) is 5.73 Å². The first kappa shape index (κ1) is 23.1. The molecule has 0 heterocycles. The van der Waals surface area contributed by atoms with Crippen molar-refractivity contribution in [3.8, 4) is 0 Å². The predicted molar refractivity (Wildman–Crippen MR) is 113 cm³/mol. The topological polar surface area (TPSA) is 125 Å². The van der Waals surface area contributed by atoms with Crippen LogP contribution >= 0.6 is 0 Å². The molecular formula is C22H28N4O4. The maximum atomic E-state index is 12.7. The normalized spacial score (nSPS) is 11.7. The van der Waals surface area contributed by atoms with Gasteiger partial charge in [0.1, 0.15) is 5.92 Å². The largest absolute Gasteiger partial charge is 0.369 e. The monoisotopic (exact) mass is 412 g/mol. The van der Waals surface area contributed by atoms with E-state index in [4.69, 9.17) is 10.9 Å². The smallest absolute Gasteiger partial charge is 0.260 e. The molecule has 1 unspecified atom stereocenters. The number of rotatable bonds is 10. The summed E-state index contributed by atoms with van der Waals surface area (Å²) < 4.78 is 0. The quantitative estimate of drug-likeness (QED) is 0.268. The number of hydroxylamine groups is 1. The Bertz CT molecular complexity index is 896. The van der Waals surface area contributed by atoms with Gasteiger partial charge >= 0.3 is 0 Å². The molecule has 30 heavy (non-hydrogen) atoms. The lowest BCUT2D eigenvalue weighted by atomic mass is 9.96. The van der Waals surface area contributed by atoms with Crippen LogP contribution in [0.15, 0.2) is 48.5 Å². The molecule has 0 fully saturated rings. The Balaban J connectivity index is 2.15. The minimum Gasteiger partial charge on any atom is -0.369 e. The maximum Gasteiger partial charge on any atom is 0.260 e. The first-order valence-corrected chi connectivity index (χ1v) is 9.81. The zero-order chi connectivity index (χ0) is 22.1. The van der Waals surface area contributed by atoms with Gasteiger partial charge in [-0.05, 0) is 41.9 Å². The van der Waals surface area contributed by atoms with E-state index in [9.17, 15) is 14.4 Å². The van der Waals surface area contributed by atoms with E-state index in [1.165, 1.54) is 17.6 Å². The number of nitrogens with zero attached hydrogens (tertiary/aromatic N) is 1. The van der Waals surface area contributed by atoms with Gasteiger partial charge < -0.3 is 11.1 Å². The van der Waals surface area contributed by atoms with E-state index in [0.717, 1.165) is 30.8 Å². The molecule has 0 bridgehead atoms. The number of hydrogen-bond acceptors (Lipinski definition) is 5. The van der Waals surface area contributed by atoms with E-state index in [0.29, 0.717) is 6.54 Å². The SMILES string of the molecule is CCN(CC)Cc1ccccc1CNC(=O)c1cccc(C(C(N)=O)C(=O)NO)c1. The Hall–Kier alpha value is -3.23. The van der Waals surface area contributed by atoms with Gasteiger partial charge in [-0.1, -0.05) is 50.2 Å². The Morgan fingerprint density at radius 2 is 1.70 bits per heavy atom. The molecule has 0 radical (unpaired) electrons. The van der Waals surface area contributed by atoms with E-state index in [-0.39, 0.29) is 17.0 Å². The first-order chi connectivity index (χ1) is 14.4. The van der Waals surface area contributed by atoms with Gasteiger partial charge in [-0.3, -0.25) is 24.5 Å². The van der Waals surface area contributed by atoms with Gasteiger partial charge in [0.15, 0.2) is 0 Å². The fourth-order valence-electron chi connectivity index (χ4n) is 3.22. The number of carbonyl (C=O) groups is 3. The highest BCUT2D eigenvalue weighted by molar-refractivity contribution is 6.05. The fraction of sp³-hybridized carbons (Fsp3) is 0.318. The minimum absolute atomic E-state index is 0.226. The summed E-state index contributed by atoms with van der Waals surface area (Å²) in [6.07, 6.45) is 0. The third kappa shape index (κ3) is 5.88. The molecule has 0 aromatic heterocycles. The highest BCUT2D eigenvalue weighted by Crippen LogP contribution is 2.18. The number of carbonyl (C=O) groups excluding carboxylic acids is 3. The molecule has 5 N–H and O–H groups in total. The summed E-state index contributed by atoms with van der Waals surface area (Å²) in [7, 11) is 0. The van der Waals surface area contributed by atoms with Crippen LogP contribution in [0.25, 0.3) is 0 Å². The van der Waals surface area contributed by atoms with Crippen molar-refractivity contribution in [2.75, 3.05) is 13.1 Å². The van der Waals surface area contributed by atoms with E-state index in [1.54, 1.807) is 12.1 Å². The number of benzene rings is 2. The fourth-order valence-corrected chi connectivity index (χ4v) is 3.22. The Kier molecular flexibility index (Phi) is 8.52. The summed E-state index contributed by atoms with van der Waals surface area (Å²) in [4.78, 5) is 38.3. The van der Waals surface area contributed by atoms with Crippen molar-refractivity contribution in [1.82, 2.24) is 15.7 Å². The van der Waals surface area contributed by atoms with Crippen LogP contribution in [0.5, 0.6) is 0 Å². The molecule has 1 atom stereocenters. The van der Waals surface area contributed by atoms with Crippen LogP contribution in [0.2, 0.25) is 0 Å². The van der Waals surface area contributed by atoms with Gasteiger partial charge in [0.05, 0.1) is 0 Å². The molecule has 8 nitrogen and oxygen atoms in total. The lowest BCUT2D eigenvalue weighted by Gasteiger charge is -2.20. The van der Waals surface area contributed by atoms with Crippen LogP contribution in [0.1, 0.15) is 46.8 Å². The van der Waals surface area contributed by atoms with E-state index in [2.05, 4.69) is 24.1 Å². The predicted octanol–water partition coefficient (Wildman–Crippen LogP) is 1.53. The number of amides is 3. The molecular weight excluding hydrogens is 384 g/mol. The maximum absolute atomic E-state index is 12.7. The van der Waals surface area contributed by atoms with Gasteiger partial charge in [-0.2, -0.15) is 0 Å². The zero-order valence-electron chi connectivity index (χ0n) is 17.2. The Labute approximate surface area is 176 Å². The van der Waals surface area contributed by atoms with Crippen LogP contribution in [0.3, 0.4) is 0 Å². The summed E-state index contributed by atoms with van der Waals surface area (Å²) in [6, 6.07) is 14.0. The second-order valence-electron chi connectivity index (χ2n) is 6.85. The molecule has 2 aromatic rings. The molecule has 0 aliphatic heterocycles. The molecule has 2 rings (SSSR count). The lowest BCUT2D eigenvalue weighted by molar-refractivity contribution is -0.135. The van der Waals surface area contributed by atoms with Crippen molar-refractivity contribution >= 4 is 17.7 Å². The summed E-state index contributed by atoms with van der Waals surface area (Å²) >= 11 is 0. The van der Waals surface area contributed by atoms with E-state index >= 15 is 0 Å². The highest BCUT2D eigenvalue weighted by Gasteiger charge is 2.26. The summed E-state index contributed by atoms with van der Waals surface area (Å²) in [5.41, 5.74) is 9.37. The molecule has 0 aliphatic carbocycles. The van der Waals surface area contributed by atoms with Gasteiger partial charge in [-0.25, -0.2) is 5.48 Å². The van der Waals surface area contributed by atoms with Crippen molar-refractivity contribution in [3.63, 3.8) is 0 Å². The summed E-state index contributed by atoms with van der Waals surface area (Å²) in [5.74, 6) is -3.62. The molecule has 0 saturated heterocycles. The summed E-state index contributed by atoms with van der Waals surface area (Å²) in [5, 5.41) is 11.7. The molecule has 2 aromatic carbocycles. The van der Waals surface area contributed by atoms with E-state index in [1.807, 2.05) is 24.3 Å². The molecule has 0 spiro atoms. The average Bonchev–Trinajstić information content (AvgIpc) is 2.76. The van der Waals surface area contributed by atoms with Crippen LogP contribution in [0.4, 0.5) is 0 Å². The van der Waals surface area contributed by atoms with Gasteiger partial charge in [0.2, 0.25) is 5.91 Å². The average molecular weight is 412 g/mol. The van der Waals surface area contributed by atoms with Crippen molar-refractivity contribution in [1.29, 1.82) is 0 Å². The van der Waals surface area contributed by atoms with Crippen LogP contribution < -0.4 is 16.5 Å². The Morgan fingerprint density at radius 1 is 1.03 bits per heavy atom. The third-order valence-corrected chi connectivity index (χ3v) is 4.99. The zero-order valence-corrected chi connectivity index (χ0v) is 17.2. The van der Waals surface area contributed by atoms with Crippen LogP contribution in [0, 0.1) is 0 Å². The van der Waals surface area contributed by atoms with Gasteiger partial charge in [-0.15, -0.1) is 0 Å². The molecule has 160 valence electrons. The van der Waals surface area contributed by atoms with Crippen molar-refractivity contribution in [3.05, 3.63) is 70.8 Å². The van der Waals surface area contributed by atoms with Gasteiger partial charge in [0, 0.05) is 18.7 Å². The molecule has 8 heteroatoms. The second-order valence-corrected chi connectivity index (χ2v) is 6.85. The Morgan fingerprint density at radius 3 is 2.30 bits per heavy atom. The second kappa shape index (κ2) is 11.1. The third-order valence-electron chi connectivity index (χ3n) is 4.99. The molecule has 3 amide bonds. The van der Waals surface area contributed by atoms with Crippen molar-refractivity contribution in [2.45, 2.75) is 32.9 Å². The highest BCUT2D eigenvalue weighted by atomic mass is 16.5. The molecule has 0 aliphatic rings. The van der Waals surface area contributed by atoms with Crippen LogP contribution in [-0.2, 0) is 22.7 Å². The summed E-state index contributed by atoms with van der Waals surface area (Å²) in [6.45, 7) is 7.23. The van der Waals surface area contributed by atoms with Crippen molar-refractivity contribution < 1.29 is 19.6 Å². The number of hydrogen-bond donors (Lipinski definition) is 4. The first-order valence-electron chi connectivity index (χ1n) is 9.81. The number of primary amides is 1. The van der Waals surface area contributed by atoms with Gasteiger partial charge in [0.25, 0.3) is 11.8 Å². The van der Waals surface area contributed by atoms with Crippen LogP contribution in [-0.4, -0.2) is 40.9 Å². The number of nitrogens with two attached hydrogens (primary N) is 1. The molecule has 0 saturated carbocycles. The standard InChI is InChI=1S/C22H28N4O4/c1-3-26(4-2)14-18-9-6-5-8-17(18)13-24-21(28)16-11-7-10-15(12-16)19(20(23)27)22(29)25-30/h5-12,19,30H,3-4,13-14H2,1-2H3,(H2,23,27)(H,24,28)(H,25,29). The number of nitrogens with one attached hydrogen (secondary N) is 2.